The molecule has 10 aliphatic rings. The Morgan fingerprint density at radius 1 is 0.462 bits per heavy atom. The van der Waals surface area contributed by atoms with Crippen LogP contribution in [0.3, 0.4) is 0 Å². The van der Waals surface area contributed by atoms with Gasteiger partial charge in [-0.3, -0.25) is 0 Å². The summed E-state index contributed by atoms with van der Waals surface area (Å²) >= 11 is 0. The lowest BCUT2D eigenvalue weighted by molar-refractivity contribution is -0.249. The Kier molecular flexibility index (Phi) is 12.1. The molecule has 0 aromatic rings. The Hall–Kier alpha value is -0.680. The standard InChI is InChI=1S/C31H53NO.C30H50O2/c1-20(2)21-11-16-31(19-32-8)18-17-29(6)22(26(21)31)9-10-24-28(5)14-13-25(33)27(3,4)23(28)12-15-30(24,29)7;1-19(2)20-10-15-30(18-31)17-16-28(6)21(25(20)30)8-9-23-27(5)13-12-24(32)26(3,4)22(27)11-14-29(23,28)7/h21-26,32-33H,1,9-19H2,2-8H3;20-25,31-32H,1,8-18H2,2-7H3/t21?,22?,23?,24?,25-,26?,28-,29?,30+,31+;20?,21?,22?,23?,24-,25?,27-,28?,29+,30+/m00/s1. The summed E-state index contributed by atoms with van der Waals surface area (Å²) in [7, 11) is 2.17. The highest BCUT2D eigenvalue weighted by Gasteiger charge is 2.73. The molecule has 10 saturated carbocycles. The van der Waals surface area contributed by atoms with Gasteiger partial charge in [-0.25, -0.2) is 0 Å². The molecule has 0 amide bonds. The fourth-order valence-corrected chi connectivity index (χ4v) is 23.5. The third kappa shape index (κ3) is 6.44. The van der Waals surface area contributed by atoms with Gasteiger partial charge < -0.3 is 20.6 Å². The number of hydrogen-bond acceptors (Lipinski definition) is 4. The van der Waals surface area contributed by atoms with E-state index >= 15 is 0 Å². The molecular formula is C61H103NO3. The van der Waals surface area contributed by atoms with Crippen LogP contribution < -0.4 is 5.32 Å². The molecule has 0 heterocycles. The Morgan fingerprint density at radius 2 is 0.862 bits per heavy atom. The van der Waals surface area contributed by atoms with Crippen molar-refractivity contribution in [2.75, 3.05) is 20.2 Å². The summed E-state index contributed by atoms with van der Waals surface area (Å²) in [5.74, 6) is 7.17. The van der Waals surface area contributed by atoms with Crippen LogP contribution in [0.1, 0.15) is 212 Å². The lowest BCUT2D eigenvalue weighted by Crippen LogP contribution is -2.67. The van der Waals surface area contributed by atoms with Gasteiger partial charge in [-0.2, -0.15) is 0 Å². The SMILES string of the molecule is C=C(C)C1CC[C@]2(CNC)CCC3(C)C(CCC4[C@@]5(C)CC[C@H](O)C(C)(C)C5CC[C@]43C)C12.C=C(C)C1CC[C@]2(CO)CCC3(C)C(CCC4[C@@]5(C)CC[C@H](O)C(C)(C)C5CC[C@]43C)C12. The van der Waals surface area contributed by atoms with Crippen LogP contribution >= 0.6 is 0 Å². The molecule has 0 saturated heterocycles. The zero-order chi connectivity index (χ0) is 47.3. The molecule has 4 heteroatoms. The van der Waals surface area contributed by atoms with E-state index in [2.05, 4.69) is 109 Å². The Balaban J connectivity index is 0.000000164. The van der Waals surface area contributed by atoms with E-state index in [-0.39, 0.29) is 28.5 Å². The molecule has 65 heavy (non-hydrogen) atoms. The van der Waals surface area contributed by atoms with E-state index in [0.29, 0.717) is 68.2 Å². The van der Waals surface area contributed by atoms with Gasteiger partial charge in [0.1, 0.15) is 0 Å². The minimum Gasteiger partial charge on any atom is -0.396 e. The van der Waals surface area contributed by atoms with Crippen molar-refractivity contribution in [2.24, 2.45) is 113 Å². The second-order valence-electron chi connectivity index (χ2n) is 29.5. The first-order chi connectivity index (χ1) is 30.2. The summed E-state index contributed by atoms with van der Waals surface area (Å²) in [6.07, 6.45) is 25.4. The number of nitrogens with one attached hydrogen (secondary N) is 1. The zero-order valence-electron chi connectivity index (χ0n) is 44.7. The first-order valence-corrected chi connectivity index (χ1v) is 28.2. The molecule has 0 aliphatic heterocycles. The van der Waals surface area contributed by atoms with E-state index in [9.17, 15) is 15.3 Å². The molecule has 10 aliphatic carbocycles. The van der Waals surface area contributed by atoms with Gasteiger partial charge in [0.05, 0.1) is 12.2 Å². The molecule has 10 rings (SSSR count). The van der Waals surface area contributed by atoms with Crippen molar-refractivity contribution in [3.63, 3.8) is 0 Å². The summed E-state index contributed by atoms with van der Waals surface area (Å²) in [5, 5.41) is 36.1. The number of rotatable bonds is 5. The first kappa shape index (κ1) is 49.3. The maximum atomic E-state index is 10.9. The molecule has 0 aromatic carbocycles. The number of hydrogen-bond donors (Lipinski definition) is 4. The van der Waals surface area contributed by atoms with Gasteiger partial charge in [0.2, 0.25) is 0 Å². The van der Waals surface area contributed by atoms with Gasteiger partial charge >= 0.3 is 0 Å². The van der Waals surface area contributed by atoms with Crippen molar-refractivity contribution < 1.29 is 15.3 Å². The van der Waals surface area contributed by atoms with Gasteiger partial charge in [0.25, 0.3) is 0 Å². The first-order valence-electron chi connectivity index (χ1n) is 28.2. The molecule has 0 aromatic heterocycles. The highest BCUT2D eigenvalue weighted by atomic mass is 16.3. The molecule has 4 N–H and O–H groups in total. The van der Waals surface area contributed by atoms with Gasteiger partial charge in [0.15, 0.2) is 0 Å². The topological polar surface area (TPSA) is 72.7 Å². The Bertz CT molecular complexity index is 1850. The second kappa shape index (κ2) is 15.9. The molecule has 370 valence electrons. The fraction of sp³-hybridized carbons (Fsp3) is 0.934. The summed E-state index contributed by atoms with van der Waals surface area (Å²) in [6.45, 7) is 40.6. The number of aliphatic hydroxyl groups excluding tert-OH is 3. The van der Waals surface area contributed by atoms with Crippen LogP contribution in [-0.2, 0) is 0 Å². The van der Waals surface area contributed by atoms with Crippen molar-refractivity contribution in [2.45, 2.75) is 224 Å². The van der Waals surface area contributed by atoms with E-state index in [1.54, 1.807) is 0 Å². The summed E-state index contributed by atoms with van der Waals surface area (Å²) in [6, 6.07) is 0. The summed E-state index contributed by atoms with van der Waals surface area (Å²) < 4.78 is 0. The summed E-state index contributed by atoms with van der Waals surface area (Å²) in [4.78, 5) is 0. The molecule has 20 atom stereocenters. The molecule has 0 bridgehead atoms. The van der Waals surface area contributed by atoms with Crippen LogP contribution in [0.15, 0.2) is 24.3 Å². The molecule has 10 fully saturated rings. The fourth-order valence-electron chi connectivity index (χ4n) is 23.5. The van der Waals surface area contributed by atoms with Gasteiger partial charge in [-0.1, -0.05) is 93.5 Å². The van der Waals surface area contributed by atoms with Gasteiger partial charge in [-0.15, -0.1) is 0 Å². The normalized spacial score (nSPS) is 55.8. The smallest absolute Gasteiger partial charge is 0.0594 e. The third-order valence-corrected chi connectivity index (χ3v) is 27.3. The van der Waals surface area contributed by atoms with Crippen LogP contribution in [0, 0.1) is 113 Å². The molecule has 0 spiro atoms. The Labute approximate surface area is 400 Å². The minimum atomic E-state index is -0.147. The molecule has 4 nitrogen and oxygen atoms in total. The van der Waals surface area contributed by atoms with Crippen molar-refractivity contribution in [3.8, 4) is 0 Å². The van der Waals surface area contributed by atoms with Gasteiger partial charge in [-0.05, 0) is 263 Å². The van der Waals surface area contributed by atoms with Crippen LogP contribution in [0.2, 0.25) is 0 Å². The molecule has 0 radical (unpaired) electrons. The highest BCUT2D eigenvalue weighted by molar-refractivity contribution is 5.24. The number of allylic oxidation sites excluding steroid dienone is 2. The van der Waals surface area contributed by atoms with E-state index in [0.717, 1.165) is 48.3 Å². The van der Waals surface area contributed by atoms with Crippen LogP contribution in [0.5, 0.6) is 0 Å². The van der Waals surface area contributed by atoms with Crippen molar-refractivity contribution in [1.82, 2.24) is 5.32 Å². The average Bonchev–Trinajstić information content (AvgIpc) is 3.82. The summed E-state index contributed by atoms with van der Waals surface area (Å²) in [5.41, 5.74) is 5.84. The third-order valence-electron chi connectivity index (χ3n) is 27.3. The van der Waals surface area contributed by atoms with Crippen LogP contribution in [0.25, 0.3) is 0 Å². The minimum absolute atomic E-state index is 0.0290. The zero-order valence-corrected chi connectivity index (χ0v) is 44.7. The molecule has 12 unspecified atom stereocenters. The highest BCUT2D eigenvalue weighted by Crippen LogP contribution is 2.79. The lowest BCUT2D eigenvalue weighted by atomic mass is 9.32. The number of fused-ring (bicyclic) bond motifs is 14. The van der Waals surface area contributed by atoms with Crippen LogP contribution in [-0.4, -0.2) is 47.7 Å². The van der Waals surface area contributed by atoms with E-state index < -0.39 is 0 Å². The van der Waals surface area contributed by atoms with Crippen molar-refractivity contribution >= 4 is 0 Å². The van der Waals surface area contributed by atoms with E-state index in [1.807, 2.05) is 0 Å². The Morgan fingerprint density at radius 3 is 1.26 bits per heavy atom. The molecular weight excluding hydrogens is 795 g/mol. The lowest BCUT2D eigenvalue weighted by Gasteiger charge is -2.73. The van der Waals surface area contributed by atoms with Crippen molar-refractivity contribution in [3.05, 3.63) is 24.3 Å². The maximum Gasteiger partial charge on any atom is 0.0594 e. The second-order valence-corrected chi connectivity index (χ2v) is 29.5. The average molecular weight is 898 g/mol. The van der Waals surface area contributed by atoms with Crippen LogP contribution in [0.4, 0.5) is 0 Å². The predicted octanol–water partition coefficient (Wildman–Crippen LogP) is 14.2. The van der Waals surface area contributed by atoms with E-state index in [4.69, 9.17) is 0 Å². The van der Waals surface area contributed by atoms with E-state index in [1.165, 1.54) is 133 Å². The maximum absolute atomic E-state index is 10.9. The van der Waals surface area contributed by atoms with Crippen molar-refractivity contribution in [1.29, 1.82) is 0 Å². The quantitative estimate of drug-likeness (QED) is 0.208. The predicted molar refractivity (Wildman–Crippen MR) is 271 cm³/mol. The monoisotopic (exact) mass is 898 g/mol. The van der Waals surface area contributed by atoms with Gasteiger partial charge in [0, 0.05) is 13.2 Å². The number of aliphatic hydroxyl groups is 3. The largest absolute Gasteiger partial charge is 0.396 e.